The van der Waals surface area contributed by atoms with Gasteiger partial charge < -0.3 is 10.0 Å². The van der Waals surface area contributed by atoms with Gasteiger partial charge in [0, 0.05) is 49.9 Å². The van der Waals surface area contributed by atoms with E-state index in [9.17, 15) is 9.50 Å². The van der Waals surface area contributed by atoms with Gasteiger partial charge in [0.1, 0.15) is 16.9 Å². The van der Waals surface area contributed by atoms with E-state index < -0.39 is 6.10 Å². The van der Waals surface area contributed by atoms with Gasteiger partial charge in [-0.25, -0.2) is 9.37 Å². The van der Waals surface area contributed by atoms with E-state index in [1.807, 2.05) is 10.3 Å². The Bertz CT molecular complexity index is 831. The average molecular weight is 390 g/mol. The maximum Gasteiger partial charge on any atom is 0.146 e. The van der Waals surface area contributed by atoms with Crippen molar-refractivity contribution in [3.63, 3.8) is 0 Å². The Labute approximate surface area is 160 Å². The summed E-state index contributed by atoms with van der Waals surface area (Å²) in [5, 5.41) is 17.4. The van der Waals surface area contributed by atoms with Crippen molar-refractivity contribution < 1.29 is 9.50 Å². The van der Waals surface area contributed by atoms with Crippen molar-refractivity contribution in [3.05, 3.63) is 68.6 Å². The van der Waals surface area contributed by atoms with E-state index >= 15 is 0 Å². The lowest BCUT2D eigenvalue weighted by Gasteiger charge is -2.37. The number of thiazole rings is 1. The number of aromatic nitrogens is 1. The van der Waals surface area contributed by atoms with Gasteiger partial charge in [0.15, 0.2) is 0 Å². The predicted molar refractivity (Wildman–Crippen MR) is 104 cm³/mol. The molecule has 0 bridgehead atoms. The van der Waals surface area contributed by atoms with Crippen molar-refractivity contribution in [1.82, 2.24) is 9.88 Å². The smallest absolute Gasteiger partial charge is 0.146 e. The molecule has 1 aliphatic heterocycles. The van der Waals surface area contributed by atoms with Crippen molar-refractivity contribution in [2.75, 3.05) is 31.1 Å². The third-order valence-electron chi connectivity index (χ3n) is 4.67. The Morgan fingerprint density at radius 3 is 2.69 bits per heavy atom. The van der Waals surface area contributed by atoms with Crippen LogP contribution in [-0.4, -0.2) is 41.2 Å². The Morgan fingerprint density at radius 1 is 1.15 bits per heavy atom. The lowest BCUT2D eigenvalue weighted by molar-refractivity contribution is 0.218. The van der Waals surface area contributed by atoms with Gasteiger partial charge in [-0.15, -0.1) is 11.3 Å². The summed E-state index contributed by atoms with van der Waals surface area (Å²) >= 11 is 3.09. The standard InChI is InChI=1S/C19H20FN3OS2/c20-16-3-1-2-15(18(24)19-21-5-11-26-19)17(16)23-8-6-22(7-9-23)12-14-4-10-25-13-14/h1-5,10-11,13,18,24H,6-9,12H2/t18-/m0/s1. The Kier molecular flexibility index (Phi) is 5.31. The molecule has 0 unspecified atom stereocenters. The third kappa shape index (κ3) is 3.66. The van der Waals surface area contributed by atoms with E-state index in [1.165, 1.54) is 23.0 Å². The second-order valence-electron chi connectivity index (χ2n) is 6.35. The first-order valence-electron chi connectivity index (χ1n) is 8.56. The summed E-state index contributed by atoms with van der Waals surface area (Å²) in [6, 6.07) is 7.06. The number of piperazine rings is 1. The molecule has 7 heteroatoms. The van der Waals surface area contributed by atoms with Crippen molar-refractivity contribution in [1.29, 1.82) is 0 Å². The molecule has 3 aromatic rings. The molecule has 1 N–H and O–H groups in total. The van der Waals surface area contributed by atoms with Gasteiger partial charge in [-0.05, 0) is 28.5 Å². The van der Waals surface area contributed by atoms with Crippen molar-refractivity contribution in [2.45, 2.75) is 12.6 Å². The van der Waals surface area contributed by atoms with Gasteiger partial charge in [0.2, 0.25) is 0 Å². The van der Waals surface area contributed by atoms with E-state index in [2.05, 4.69) is 26.7 Å². The molecule has 4 rings (SSSR count). The highest BCUT2D eigenvalue weighted by atomic mass is 32.1. The maximum atomic E-state index is 14.7. The van der Waals surface area contributed by atoms with Crippen molar-refractivity contribution >= 4 is 28.4 Å². The molecular formula is C19H20FN3OS2. The number of aliphatic hydroxyl groups excluding tert-OH is 1. The Morgan fingerprint density at radius 2 is 2.00 bits per heavy atom. The summed E-state index contributed by atoms with van der Waals surface area (Å²) in [7, 11) is 0. The topological polar surface area (TPSA) is 39.6 Å². The fraction of sp³-hybridized carbons (Fsp3) is 0.316. The SMILES string of the molecule is O[C@H](c1nccs1)c1cccc(F)c1N1CCN(Cc2ccsc2)CC1. The molecule has 26 heavy (non-hydrogen) atoms. The van der Waals surface area contributed by atoms with Crippen LogP contribution in [0.5, 0.6) is 0 Å². The largest absolute Gasteiger partial charge is 0.381 e. The first kappa shape index (κ1) is 17.6. The zero-order valence-electron chi connectivity index (χ0n) is 14.2. The minimum Gasteiger partial charge on any atom is -0.381 e. The average Bonchev–Trinajstić information content (AvgIpc) is 3.36. The van der Waals surface area contributed by atoms with Crippen LogP contribution in [0.1, 0.15) is 22.2 Å². The third-order valence-corrected chi connectivity index (χ3v) is 6.23. The van der Waals surface area contributed by atoms with Gasteiger partial charge in [-0.2, -0.15) is 11.3 Å². The molecule has 2 aromatic heterocycles. The van der Waals surface area contributed by atoms with Crippen LogP contribution >= 0.6 is 22.7 Å². The van der Waals surface area contributed by atoms with E-state index in [-0.39, 0.29) is 5.82 Å². The summed E-state index contributed by atoms with van der Waals surface area (Å²) in [6.45, 7) is 4.16. The number of nitrogens with zero attached hydrogens (tertiary/aromatic N) is 3. The van der Waals surface area contributed by atoms with Crippen LogP contribution in [0.4, 0.5) is 10.1 Å². The molecule has 0 saturated carbocycles. The monoisotopic (exact) mass is 389 g/mol. The van der Waals surface area contributed by atoms with Gasteiger partial charge >= 0.3 is 0 Å². The summed E-state index contributed by atoms with van der Waals surface area (Å²) in [6.07, 6.45) is 0.760. The molecule has 1 fully saturated rings. The lowest BCUT2D eigenvalue weighted by Crippen LogP contribution is -2.46. The Balaban J connectivity index is 1.51. The molecule has 0 aliphatic carbocycles. The lowest BCUT2D eigenvalue weighted by atomic mass is 10.0. The quantitative estimate of drug-likeness (QED) is 0.721. The van der Waals surface area contributed by atoms with E-state index in [1.54, 1.807) is 29.7 Å². The van der Waals surface area contributed by atoms with Gasteiger partial charge in [0.25, 0.3) is 0 Å². The maximum absolute atomic E-state index is 14.7. The van der Waals surface area contributed by atoms with Crippen molar-refractivity contribution in [2.24, 2.45) is 0 Å². The van der Waals surface area contributed by atoms with Crippen molar-refractivity contribution in [3.8, 4) is 0 Å². The Hall–Kier alpha value is -1.80. The summed E-state index contributed by atoms with van der Waals surface area (Å²) < 4.78 is 14.7. The number of rotatable bonds is 5. The highest BCUT2D eigenvalue weighted by molar-refractivity contribution is 7.09. The zero-order valence-corrected chi connectivity index (χ0v) is 15.8. The first-order chi connectivity index (χ1) is 12.7. The second kappa shape index (κ2) is 7.84. The zero-order chi connectivity index (χ0) is 17.9. The van der Waals surface area contributed by atoms with Crippen LogP contribution in [0.25, 0.3) is 0 Å². The molecule has 136 valence electrons. The molecule has 0 spiro atoms. The first-order valence-corrected chi connectivity index (χ1v) is 10.4. The minimum absolute atomic E-state index is 0.288. The molecule has 1 saturated heterocycles. The molecule has 0 amide bonds. The van der Waals surface area contributed by atoms with Crippen LogP contribution in [0, 0.1) is 5.82 Å². The normalized spacial score (nSPS) is 16.8. The number of para-hydroxylation sites is 1. The van der Waals surface area contributed by atoms with Crippen LogP contribution < -0.4 is 4.90 Å². The van der Waals surface area contributed by atoms with E-state index in [0.29, 0.717) is 16.3 Å². The van der Waals surface area contributed by atoms with E-state index in [4.69, 9.17) is 0 Å². The number of hydrogen-bond donors (Lipinski definition) is 1. The van der Waals surface area contributed by atoms with Crippen LogP contribution in [-0.2, 0) is 6.54 Å². The van der Waals surface area contributed by atoms with Gasteiger partial charge in [0.05, 0.1) is 5.69 Å². The van der Waals surface area contributed by atoms with Gasteiger partial charge in [-0.3, -0.25) is 4.90 Å². The fourth-order valence-electron chi connectivity index (χ4n) is 3.36. The molecule has 3 heterocycles. The van der Waals surface area contributed by atoms with Gasteiger partial charge in [-0.1, -0.05) is 12.1 Å². The number of aliphatic hydroxyl groups is 1. The number of thiophene rings is 1. The van der Waals surface area contributed by atoms with Crippen LogP contribution in [0.3, 0.4) is 0 Å². The number of anilines is 1. The highest BCUT2D eigenvalue weighted by Gasteiger charge is 2.26. The number of hydrogen-bond acceptors (Lipinski definition) is 6. The van der Waals surface area contributed by atoms with Crippen LogP contribution in [0.15, 0.2) is 46.6 Å². The number of benzene rings is 1. The molecular weight excluding hydrogens is 369 g/mol. The van der Waals surface area contributed by atoms with E-state index in [0.717, 1.165) is 32.7 Å². The highest BCUT2D eigenvalue weighted by Crippen LogP contribution is 2.34. The minimum atomic E-state index is -0.899. The molecule has 1 aromatic carbocycles. The molecule has 1 aliphatic rings. The molecule has 0 radical (unpaired) electrons. The second-order valence-corrected chi connectivity index (χ2v) is 8.05. The van der Waals surface area contributed by atoms with Crippen LogP contribution in [0.2, 0.25) is 0 Å². The molecule has 4 nitrogen and oxygen atoms in total. The summed E-state index contributed by atoms with van der Waals surface area (Å²) in [5.74, 6) is -0.288. The summed E-state index contributed by atoms with van der Waals surface area (Å²) in [5.41, 5.74) is 2.42. The predicted octanol–water partition coefficient (Wildman–Crippen LogP) is 3.75. The summed E-state index contributed by atoms with van der Waals surface area (Å²) in [4.78, 5) is 8.62. The molecule has 1 atom stereocenters. The fourth-order valence-corrected chi connectivity index (χ4v) is 4.66. The number of halogens is 1.